The Morgan fingerprint density at radius 2 is 2.13 bits per heavy atom. The van der Waals surface area contributed by atoms with Crippen LogP contribution in [-0.4, -0.2) is 48.6 Å². The molecule has 0 radical (unpaired) electrons. The minimum atomic E-state index is -2.59. The van der Waals surface area contributed by atoms with Crippen molar-refractivity contribution in [3.63, 3.8) is 0 Å². The second kappa shape index (κ2) is 6.34. The number of hydrogen-bond acceptors (Lipinski definition) is 5. The number of ether oxygens (including phenoxy) is 1. The van der Waals surface area contributed by atoms with Gasteiger partial charge in [-0.15, -0.1) is 0 Å². The first kappa shape index (κ1) is 12.8. The van der Waals surface area contributed by atoms with Crippen molar-refractivity contribution in [2.45, 2.75) is 25.0 Å². The van der Waals surface area contributed by atoms with Crippen LogP contribution in [0, 0.1) is 0 Å². The maximum absolute atomic E-state index is 10.3. The van der Waals surface area contributed by atoms with Crippen LogP contribution in [0.4, 0.5) is 0 Å². The van der Waals surface area contributed by atoms with Gasteiger partial charge in [0, 0.05) is 33.3 Å². The molecule has 1 saturated heterocycles. The van der Waals surface area contributed by atoms with Gasteiger partial charge in [-0.3, -0.25) is 0 Å². The van der Waals surface area contributed by atoms with Crippen molar-refractivity contribution < 1.29 is 22.8 Å². The molecule has 1 heterocycles. The summed E-state index contributed by atoms with van der Waals surface area (Å²) in [5, 5.41) is 0. The van der Waals surface area contributed by atoms with Crippen molar-refractivity contribution in [1.82, 2.24) is 0 Å². The lowest BCUT2D eigenvalue weighted by molar-refractivity contribution is -0.107. The summed E-state index contributed by atoms with van der Waals surface area (Å²) in [5.41, 5.74) is 0. The second-order valence-electron chi connectivity index (χ2n) is 3.39. The van der Waals surface area contributed by atoms with Gasteiger partial charge in [0.2, 0.25) is 0 Å². The van der Waals surface area contributed by atoms with E-state index in [4.69, 9.17) is 18.0 Å². The Bertz CT molecular complexity index is 191. The highest BCUT2D eigenvalue weighted by atomic mass is 28.4. The van der Waals surface area contributed by atoms with Crippen LogP contribution < -0.4 is 0 Å². The fourth-order valence-electron chi connectivity index (χ4n) is 1.29. The predicted octanol–water partition coefficient (Wildman–Crippen LogP) is 0.613. The van der Waals surface area contributed by atoms with Gasteiger partial charge in [0.05, 0.1) is 12.7 Å². The van der Waals surface area contributed by atoms with Gasteiger partial charge < -0.3 is 22.8 Å². The summed E-state index contributed by atoms with van der Waals surface area (Å²) in [4.78, 5) is 10.3. The predicted molar refractivity (Wildman–Crippen MR) is 55.6 cm³/mol. The minimum Gasteiger partial charge on any atom is -0.377 e. The topological polar surface area (TPSA) is 57.3 Å². The number of aldehydes is 1. The Labute approximate surface area is 91.0 Å². The summed E-state index contributed by atoms with van der Waals surface area (Å²) >= 11 is 0. The third kappa shape index (κ3) is 4.39. The van der Waals surface area contributed by atoms with E-state index in [0.717, 1.165) is 19.3 Å². The molecular formula is C9H18O5Si. The fourth-order valence-corrected chi connectivity index (χ4v) is 3.15. The molecule has 0 aromatic heterocycles. The molecule has 0 spiro atoms. The van der Waals surface area contributed by atoms with Gasteiger partial charge in [-0.2, -0.15) is 0 Å². The van der Waals surface area contributed by atoms with Gasteiger partial charge >= 0.3 is 8.80 Å². The van der Waals surface area contributed by atoms with Crippen LogP contribution in [0.25, 0.3) is 0 Å². The monoisotopic (exact) mass is 234 g/mol. The quantitative estimate of drug-likeness (QED) is 0.332. The Hall–Kier alpha value is -0.273. The first-order chi connectivity index (χ1) is 7.26. The summed E-state index contributed by atoms with van der Waals surface area (Å²) in [6, 6.07) is 0.537. The molecule has 15 heavy (non-hydrogen) atoms. The summed E-state index contributed by atoms with van der Waals surface area (Å²) in [5.74, 6) is 0. The van der Waals surface area contributed by atoms with E-state index < -0.39 is 8.80 Å². The number of rotatable bonds is 9. The lowest BCUT2D eigenvalue weighted by Gasteiger charge is -2.25. The van der Waals surface area contributed by atoms with Gasteiger partial charge in [0.1, 0.15) is 6.29 Å². The number of carbonyl (C=O) groups excluding carboxylic acids is 1. The molecule has 1 unspecified atom stereocenters. The van der Waals surface area contributed by atoms with Gasteiger partial charge in [-0.05, 0) is 6.42 Å². The van der Waals surface area contributed by atoms with E-state index in [1.165, 1.54) is 0 Å². The Morgan fingerprint density at radius 1 is 1.47 bits per heavy atom. The Morgan fingerprint density at radius 3 is 2.60 bits per heavy atom. The average Bonchev–Trinajstić information content (AvgIpc) is 3.07. The molecule has 1 atom stereocenters. The summed E-state index contributed by atoms with van der Waals surface area (Å²) < 4.78 is 21.3. The maximum Gasteiger partial charge on any atom is 0.500 e. The van der Waals surface area contributed by atoms with Gasteiger partial charge in [0.25, 0.3) is 0 Å². The molecule has 1 fully saturated rings. The molecule has 0 amide bonds. The van der Waals surface area contributed by atoms with Crippen LogP contribution >= 0.6 is 0 Å². The SMILES string of the molecule is CO[Si](CCC=O)(OC)OCCC1CO1. The third-order valence-electron chi connectivity index (χ3n) is 2.35. The molecule has 0 aliphatic carbocycles. The van der Waals surface area contributed by atoms with Crippen LogP contribution in [0.3, 0.4) is 0 Å². The largest absolute Gasteiger partial charge is 0.500 e. The molecule has 5 nitrogen and oxygen atoms in total. The van der Waals surface area contributed by atoms with Crippen LogP contribution in [0.1, 0.15) is 12.8 Å². The van der Waals surface area contributed by atoms with E-state index >= 15 is 0 Å². The minimum absolute atomic E-state index is 0.344. The van der Waals surface area contributed by atoms with Crippen molar-refractivity contribution in [1.29, 1.82) is 0 Å². The van der Waals surface area contributed by atoms with Crippen molar-refractivity contribution in [2.75, 3.05) is 27.4 Å². The highest BCUT2D eigenvalue weighted by Gasteiger charge is 2.38. The second-order valence-corrected chi connectivity index (χ2v) is 6.36. The zero-order chi connectivity index (χ0) is 11.1. The number of epoxide rings is 1. The molecule has 0 saturated carbocycles. The molecule has 0 N–H and O–H groups in total. The summed E-state index contributed by atoms with van der Waals surface area (Å²) in [6.07, 6.45) is 2.47. The van der Waals surface area contributed by atoms with Crippen molar-refractivity contribution in [3.05, 3.63) is 0 Å². The van der Waals surface area contributed by atoms with Crippen molar-refractivity contribution in [3.8, 4) is 0 Å². The highest BCUT2D eigenvalue weighted by Crippen LogP contribution is 2.18. The van der Waals surface area contributed by atoms with Crippen molar-refractivity contribution in [2.24, 2.45) is 0 Å². The van der Waals surface area contributed by atoms with E-state index in [9.17, 15) is 4.79 Å². The molecule has 0 bridgehead atoms. The van der Waals surface area contributed by atoms with Gasteiger partial charge in [-0.25, -0.2) is 0 Å². The summed E-state index contributed by atoms with van der Waals surface area (Å²) in [7, 11) is 0.537. The number of carbonyl (C=O) groups is 1. The van der Waals surface area contributed by atoms with E-state index in [1.807, 2.05) is 0 Å². The van der Waals surface area contributed by atoms with E-state index in [-0.39, 0.29) is 0 Å². The van der Waals surface area contributed by atoms with E-state index in [0.29, 0.717) is 25.2 Å². The van der Waals surface area contributed by atoms with Crippen LogP contribution in [0.5, 0.6) is 0 Å². The van der Waals surface area contributed by atoms with E-state index in [2.05, 4.69) is 0 Å². The van der Waals surface area contributed by atoms with Crippen molar-refractivity contribution >= 4 is 15.1 Å². The molecule has 0 aromatic carbocycles. The third-order valence-corrected chi connectivity index (χ3v) is 5.14. The lowest BCUT2D eigenvalue weighted by atomic mass is 10.4. The van der Waals surface area contributed by atoms with Gasteiger partial charge in [0.15, 0.2) is 0 Å². The van der Waals surface area contributed by atoms with Crippen LogP contribution in [-0.2, 0) is 22.8 Å². The number of hydrogen-bond donors (Lipinski definition) is 0. The van der Waals surface area contributed by atoms with Crippen LogP contribution in [0.15, 0.2) is 0 Å². The summed E-state index contributed by atoms with van der Waals surface area (Å²) in [6.45, 7) is 1.39. The maximum atomic E-state index is 10.3. The zero-order valence-corrected chi connectivity index (χ0v) is 10.2. The normalized spacial score (nSPS) is 20.3. The molecule has 1 aliphatic heterocycles. The molecule has 0 aromatic rings. The molecule has 88 valence electrons. The standard InChI is InChI=1S/C9H18O5Si/c1-11-15(12-2,7-3-5-10)14-6-4-9-8-13-9/h5,9H,3-4,6-8H2,1-2H3. The smallest absolute Gasteiger partial charge is 0.377 e. The Balaban J connectivity index is 2.27. The molecular weight excluding hydrogens is 216 g/mol. The highest BCUT2D eigenvalue weighted by molar-refractivity contribution is 6.60. The van der Waals surface area contributed by atoms with Crippen LogP contribution in [0.2, 0.25) is 6.04 Å². The van der Waals surface area contributed by atoms with E-state index in [1.54, 1.807) is 14.2 Å². The average molecular weight is 234 g/mol. The van der Waals surface area contributed by atoms with Gasteiger partial charge in [-0.1, -0.05) is 0 Å². The fraction of sp³-hybridized carbons (Fsp3) is 0.889. The molecule has 6 heteroatoms. The molecule has 1 rings (SSSR count). The molecule has 1 aliphatic rings. The lowest BCUT2D eigenvalue weighted by Crippen LogP contribution is -2.44. The first-order valence-electron chi connectivity index (χ1n) is 5.06. The Kier molecular flexibility index (Phi) is 5.41. The zero-order valence-electron chi connectivity index (χ0n) is 9.23. The first-order valence-corrected chi connectivity index (χ1v) is 6.99.